The number of nitrogens with one attached hydrogen (secondary N) is 1. The average Bonchev–Trinajstić information content (AvgIpc) is 3.20. The first kappa shape index (κ1) is 23.6. The molecule has 4 rings (SSSR count). The molecular weight excluding hydrogens is 690 g/mol. The standard InChI is InChI=1S/C21H13Br4N5OS/c22-13-1-3-15(4-2-13)30-20(12-5-7-26-8-6-12)28-29-21(30)32-11-18(31)27-19-16(24)9-14(23)10-17(19)25/h1-10H,11H2,(H,27,31). The van der Waals surface area contributed by atoms with Gasteiger partial charge in [-0.05, 0) is 80.4 Å². The van der Waals surface area contributed by atoms with E-state index in [4.69, 9.17) is 0 Å². The molecule has 1 N–H and O–H groups in total. The maximum absolute atomic E-state index is 12.7. The Labute approximate surface area is 222 Å². The van der Waals surface area contributed by atoms with E-state index in [1.165, 1.54) is 11.8 Å². The molecule has 0 aliphatic heterocycles. The molecule has 2 aromatic heterocycles. The number of pyridine rings is 1. The van der Waals surface area contributed by atoms with Gasteiger partial charge in [-0.2, -0.15) is 0 Å². The van der Waals surface area contributed by atoms with Crippen LogP contribution >= 0.6 is 75.5 Å². The highest BCUT2D eigenvalue weighted by Crippen LogP contribution is 2.35. The van der Waals surface area contributed by atoms with Crippen molar-refractivity contribution in [2.45, 2.75) is 5.16 Å². The van der Waals surface area contributed by atoms with Gasteiger partial charge in [-0.3, -0.25) is 14.3 Å². The Morgan fingerprint density at radius 1 is 0.906 bits per heavy atom. The molecule has 0 saturated carbocycles. The SMILES string of the molecule is O=C(CSc1nnc(-c2ccncc2)n1-c1ccc(Br)cc1)Nc1c(Br)cc(Br)cc1Br. The molecule has 0 unspecified atom stereocenters. The lowest BCUT2D eigenvalue weighted by molar-refractivity contribution is -0.113. The topological polar surface area (TPSA) is 72.7 Å². The lowest BCUT2D eigenvalue weighted by atomic mass is 10.2. The highest BCUT2D eigenvalue weighted by Gasteiger charge is 2.18. The van der Waals surface area contributed by atoms with Crippen LogP contribution in [-0.2, 0) is 4.79 Å². The first-order chi connectivity index (χ1) is 15.4. The molecule has 11 heteroatoms. The Bertz CT molecular complexity index is 1240. The number of hydrogen-bond donors (Lipinski definition) is 1. The van der Waals surface area contributed by atoms with Crippen molar-refractivity contribution in [3.63, 3.8) is 0 Å². The molecule has 0 spiro atoms. The first-order valence-electron chi connectivity index (χ1n) is 9.11. The van der Waals surface area contributed by atoms with Crippen LogP contribution in [0.5, 0.6) is 0 Å². The van der Waals surface area contributed by atoms with E-state index < -0.39 is 0 Å². The number of carbonyl (C=O) groups excluding carboxylic acids is 1. The van der Waals surface area contributed by atoms with E-state index in [2.05, 4.69) is 84.2 Å². The third kappa shape index (κ3) is 5.51. The largest absolute Gasteiger partial charge is 0.323 e. The Morgan fingerprint density at radius 3 is 2.22 bits per heavy atom. The number of halogens is 4. The van der Waals surface area contributed by atoms with Crippen molar-refractivity contribution in [1.29, 1.82) is 0 Å². The van der Waals surface area contributed by atoms with Crippen molar-refractivity contribution in [1.82, 2.24) is 19.7 Å². The molecule has 2 heterocycles. The number of nitrogens with zero attached hydrogens (tertiary/aromatic N) is 4. The number of carbonyl (C=O) groups is 1. The second kappa shape index (κ2) is 10.6. The minimum Gasteiger partial charge on any atom is -0.323 e. The average molecular weight is 703 g/mol. The van der Waals surface area contributed by atoms with Gasteiger partial charge in [0.1, 0.15) is 0 Å². The van der Waals surface area contributed by atoms with E-state index in [1.54, 1.807) is 12.4 Å². The Balaban J connectivity index is 1.59. The quantitative estimate of drug-likeness (QED) is 0.217. The van der Waals surface area contributed by atoms with Gasteiger partial charge in [0, 0.05) is 41.5 Å². The molecule has 4 aromatic rings. The highest BCUT2D eigenvalue weighted by atomic mass is 79.9. The lowest BCUT2D eigenvalue weighted by Gasteiger charge is -2.12. The molecule has 32 heavy (non-hydrogen) atoms. The monoisotopic (exact) mass is 699 g/mol. The van der Waals surface area contributed by atoms with E-state index in [-0.39, 0.29) is 11.7 Å². The van der Waals surface area contributed by atoms with Crippen LogP contribution in [0.1, 0.15) is 0 Å². The van der Waals surface area contributed by atoms with Crippen molar-refractivity contribution in [2.75, 3.05) is 11.1 Å². The minimum atomic E-state index is -0.158. The summed E-state index contributed by atoms with van der Waals surface area (Å²) in [5, 5.41) is 12.3. The van der Waals surface area contributed by atoms with Gasteiger partial charge in [0.25, 0.3) is 0 Å². The lowest BCUT2D eigenvalue weighted by Crippen LogP contribution is -2.15. The van der Waals surface area contributed by atoms with Crippen LogP contribution in [0.3, 0.4) is 0 Å². The molecule has 2 aromatic carbocycles. The summed E-state index contributed by atoms with van der Waals surface area (Å²) in [7, 11) is 0. The fourth-order valence-corrected chi connectivity index (χ4v) is 6.31. The summed E-state index contributed by atoms with van der Waals surface area (Å²) in [4.78, 5) is 16.8. The second-order valence-corrected chi connectivity index (χ2v) is 10.9. The van der Waals surface area contributed by atoms with Crippen LogP contribution in [0.25, 0.3) is 17.1 Å². The zero-order valence-corrected chi connectivity index (χ0v) is 23.3. The maximum atomic E-state index is 12.7. The van der Waals surface area contributed by atoms with Gasteiger partial charge in [0.05, 0.1) is 11.4 Å². The Kier molecular flexibility index (Phi) is 7.83. The predicted octanol–water partition coefficient (Wildman–Crippen LogP) is 7.11. The summed E-state index contributed by atoms with van der Waals surface area (Å²) in [6, 6.07) is 15.4. The Morgan fingerprint density at radius 2 is 1.56 bits per heavy atom. The van der Waals surface area contributed by atoms with Gasteiger partial charge in [0.15, 0.2) is 11.0 Å². The zero-order valence-electron chi connectivity index (χ0n) is 16.1. The molecule has 1 amide bonds. The van der Waals surface area contributed by atoms with Crippen molar-refractivity contribution < 1.29 is 4.79 Å². The second-order valence-electron chi connectivity index (χ2n) is 6.44. The van der Waals surface area contributed by atoms with Crippen molar-refractivity contribution in [3.8, 4) is 17.1 Å². The fourth-order valence-electron chi connectivity index (χ4n) is 2.84. The zero-order chi connectivity index (χ0) is 22.7. The number of aromatic nitrogens is 4. The maximum Gasteiger partial charge on any atom is 0.234 e. The van der Waals surface area contributed by atoms with Crippen LogP contribution in [0.2, 0.25) is 0 Å². The van der Waals surface area contributed by atoms with Crippen LogP contribution in [0, 0.1) is 0 Å². The number of amides is 1. The summed E-state index contributed by atoms with van der Waals surface area (Å²) in [5.41, 5.74) is 2.45. The third-order valence-corrected chi connectivity index (χ3v) is 7.43. The van der Waals surface area contributed by atoms with Gasteiger partial charge in [0.2, 0.25) is 5.91 Å². The van der Waals surface area contributed by atoms with Gasteiger partial charge >= 0.3 is 0 Å². The normalized spacial score (nSPS) is 10.9. The molecule has 0 fully saturated rings. The summed E-state index contributed by atoms with van der Waals surface area (Å²) in [6.07, 6.45) is 3.42. The van der Waals surface area contributed by atoms with Crippen LogP contribution in [-0.4, -0.2) is 31.4 Å². The number of hydrogen-bond acceptors (Lipinski definition) is 5. The number of thioether (sulfide) groups is 1. The molecule has 162 valence electrons. The number of rotatable bonds is 6. The van der Waals surface area contributed by atoms with Gasteiger partial charge in [-0.15, -0.1) is 10.2 Å². The number of benzene rings is 2. The molecule has 0 aliphatic carbocycles. The summed E-state index contributed by atoms with van der Waals surface area (Å²) in [6.45, 7) is 0. The van der Waals surface area contributed by atoms with E-state index in [0.717, 1.165) is 29.1 Å². The minimum absolute atomic E-state index is 0.158. The van der Waals surface area contributed by atoms with E-state index in [9.17, 15) is 4.79 Å². The number of anilines is 1. The van der Waals surface area contributed by atoms with Gasteiger partial charge in [-0.1, -0.05) is 43.6 Å². The predicted molar refractivity (Wildman–Crippen MR) is 141 cm³/mol. The van der Waals surface area contributed by atoms with Gasteiger partial charge < -0.3 is 5.32 Å². The van der Waals surface area contributed by atoms with Crippen molar-refractivity contribution in [3.05, 3.63) is 78.8 Å². The van der Waals surface area contributed by atoms with Gasteiger partial charge in [-0.25, -0.2) is 0 Å². The molecule has 0 aliphatic rings. The van der Waals surface area contributed by atoms with E-state index in [1.807, 2.05) is 53.1 Å². The van der Waals surface area contributed by atoms with E-state index >= 15 is 0 Å². The third-order valence-electron chi connectivity index (χ3n) is 4.26. The molecule has 0 atom stereocenters. The summed E-state index contributed by atoms with van der Waals surface area (Å²) < 4.78 is 5.35. The van der Waals surface area contributed by atoms with Crippen molar-refractivity contribution >= 4 is 87.1 Å². The fraction of sp³-hybridized carbons (Fsp3) is 0.0476. The molecule has 0 bridgehead atoms. The summed E-state index contributed by atoms with van der Waals surface area (Å²) in [5.74, 6) is 0.686. The highest BCUT2D eigenvalue weighted by molar-refractivity contribution is 9.11. The molecule has 6 nitrogen and oxygen atoms in total. The molecule has 0 saturated heterocycles. The van der Waals surface area contributed by atoms with Crippen LogP contribution in [0.15, 0.2) is 84.0 Å². The molecule has 0 radical (unpaired) electrons. The Hall–Kier alpha value is -1.53. The van der Waals surface area contributed by atoms with Crippen LogP contribution in [0.4, 0.5) is 5.69 Å². The first-order valence-corrected chi connectivity index (χ1v) is 13.3. The molecular formula is C21H13Br4N5OS. The van der Waals surface area contributed by atoms with E-state index in [0.29, 0.717) is 16.7 Å². The summed E-state index contributed by atoms with van der Waals surface area (Å²) >= 11 is 15.2. The van der Waals surface area contributed by atoms with Crippen molar-refractivity contribution in [2.24, 2.45) is 0 Å². The smallest absolute Gasteiger partial charge is 0.234 e. The van der Waals surface area contributed by atoms with Crippen LogP contribution < -0.4 is 5.32 Å².